The van der Waals surface area contributed by atoms with Gasteiger partial charge in [-0.1, -0.05) is 81.8 Å². The number of aryl methyl sites for hydroxylation is 4. The van der Waals surface area contributed by atoms with Crippen LogP contribution in [0.5, 0.6) is 23.0 Å². The molecule has 10 aliphatic carbocycles. The van der Waals surface area contributed by atoms with Crippen LogP contribution in [0.15, 0.2) is 103 Å². The van der Waals surface area contributed by atoms with Crippen molar-refractivity contribution in [3.05, 3.63) is 147 Å². The van der Waals surface area contributed by atoms with Gasteiger partial charge in [-0.3, -0.25) is 29.7 Å². The SMILES string of the molecule is C[C@]12CCC3=C(CCc4cc(OSOO[O-])ccc43)C1CCC2=O.C[C@]12CCC3c4ccc(OSOO[O-])cc4CCC3C1CC[C@@H]2O.C[C@]12CCc3c(ccc4cc(OSOO[O-])ccc34)C1CCC2=O.C[C@]12CCc3c(ccc4cc(OSOO[O-])ccc34)C1CC[C@@H]2O.[Na+].[Na+].[Na+].[Na+]. The molecule has 0 aromatic heterocycles. The molecule has 6 aromatic carbocycles. The van der Waals surface area contributed by atoms with Crippen LogP contribution in [-0.4, -0.2) is 34.0 Å². The molecule has 514 valence electrons. The van der Waals surface area contributed by atoms with Crippen LogP contribution in [0, 0.1) is 39.4 Å². The van der Waals surface area contributed by atoms with Gasteiger partial charge in [0.25, 0.3) is 49.3 Å². The first-order valence-corrected chi connectivity index (χ1v) is 35.9. The Morgan fingerprint density at radius 2 is 0.900 bits per heavy atom. The van der Waals surface area contributed by atoms with Gasteiger partial charge in [-0.2, -0.15) is 0 Å². The van der Waals surface area contributed by atoms with E-state index in [4.69, 9.17) is 16.7 Å². The Kier molecular flexibility index (Phi) is 30.3. The molecular weight excluding hydrogens is 1400 g/mol. The number of aliphatic hydroxyl groups excluding tert-OH is 2. The third-order valence-corrected chi connectivity index (χ3v) is 25.9. The first-order valence-electron chi connectivity index (χ1n) is 33.2. The average molecular weight is 1480 g/mol. The number of Topliss-reactive ketones (excluding diaryl/α,β-unsaturated/α-hetero) is 2. The third-order valence-electron chi connectivity index (χ3n) is 24.4. The second kappa shape index (κ2) is 36.4. The molecule has 0 amide bonds. The van der Waals surface area contributed by atoms with Crippen LogP contribution < -0.4 is 156 Å². The summed E-state index contributed by atoms with van der Waals surface area (Å²) in [7, 11) is 0. The van der Waals surface area contributed by atoms with Crippen molar-refractivity contribution in [1.82, 2.24) is 0 Å². The molecule has 0 heterocycles. The quantitative estimate of drug-likeness (QED) is 0.0450. The van der Waals surface area contributed by atoms with Gasteiger partial charge in [0.2, 0.25) is 0 Å². The van der Waals surface area contributed by atoms with Crippen molar-refractivity contribution in [2.45, 2.75) is 186 Å². The Labute approximate surface area is 689 Å². The minimum Gasteiger partial charge on any atom is -0.691 e. The van der Waals surface area contributed by atoms with Crippen molar-refractivity contribution in [3.8, 4) is 23.0 Å². The van der Waals surface area contributed by atoms with Gasteiger partial charge in [0.1, 0.15) is 34.6 Å². The second-order valence-corrected chi connectivity index (χ2v) is 30.2. The summed E-state index contributed by atoms with van der Waals surface area (Å²) in [6.07, 6.45) is 19.4. The monoisotopic (exact) mass is 1480 g/mol. The number of carbonyl (C=O) groups excluding carboxylic acids is 2. The molecule has 6 unspecified atom stereocenters. The van der Waals surface area contributed by atoms with Gasteiger partial charge in [-0.15, -0.1) is 17.3 Å². The summed E-state index contributed by atoms with van der Waals surface area (Å²) < 4.78 is 37.5. The molecule has 28 heteroatoms. The molecule has 5 saturated carbocycles. The second-order valence-electron chi connectivity index (χ2n) is 28.4. The minimum absolute atomic E-state index is 0. The number of benzene rings is 6. The van der Waals surface area contributed by atoms with E-state index in [2.05, 4.69) is 108 Å². The number of hydrogen-bond acceptors (Lipinski definition) is 24. The number of allylic oxidation sites excluding steroid dienone is 2. The molecule has 12 atom stereocenters. The Morgan fingerprint density at radius 1 is 0.420 bits per heavy atom. The van der Waals surface area contributed by atoms with E-state index in [0.29, 0.717) is 126 Å². The Hall–Kier alpha value is -1.04. The maximum Gasteiger partial charge on any atom is 1.00 e. The number of ketones is 2. The Bertz CT molecular complexity index is 3900. The van der Waals surface area contributed by atoms with Crippen molar-refractivity contribution in [1.29, 1.82) is 0 Å². The number of rotatable bonds is 16. The van der Waals surface area contributed by atoms with E-state index < -0.39 is 0 Å². The van der Waals surface area contributed by atoms with Gasteiger partial charge in [-0.25, -0.2) is 0 Å². The maximum atomic E-state index is 12.3. The molecule has 100 heavy (non-hydrogen) atoms. The minimum atomic E-state index is -0.192. The molecule has 16 rings (SSSR count). The number of fused-ring (bicyclic) bond motifs is 19. The van der Waals surface area contributed by atoms with Gasteiger partial charge < -0.3 is 48.0 Å². The molecule has 2 N–H and O–H groups in total. The molecule has 0 aliphatic heterocycles. The molecular formula is C72H78Na4O20S4. The number of aliphatic hydroxyl groups is 2. The first-order chi connectivity index (χ1) is 46.5. The predicted octanol–water partition coefficient (Wildman–Crippen LogP) is 1.02. The summed E-state index contributed by atoms with van der Waals surface area (Å²) >= 11 is 2.01. The predicted molar refractivity (Wildman–Crippen MR) is 351 cm³/mol. The average Bonchev–Trinajstić information content (AvgIpc) is 1.45. The van der Waals surface area contributed by atoms with Crippen LogP contribution in [0.4, 0.5) is 0 Å². The summed E-state index contributed by atoms with van der Waals surface area (Å²) in [5.41, 5.74) is 13.5. The fraction of sp³-hybridized carbons (Fsp3) is 0.500. The fourth-order valence-corrected chi connectivity index (χ4v) is 20.3. The molecule has 0 spiro atoms. The number of hydrogen-bond donors (Lipinski definition) is 2. The van der Waals surface area contributed by atoms with Crippen molar-refractivity contribution in [2.75, 3.05) is 0 Å². The molecule has 10 aliphatic rings. The van der Waals surface area contributed by atoms with Crippen LogP contribution in [0.1, 0.15) is 193 Å². The van der Waals surface area contributed by atoms with E-state index in [1.807, 2.05) is 54.6 Å². The zero-order valence-electron chi connectivity index (χ0n) is 57.9. The van der Waals surface area contributed by atoms with Crippen LogP contribution in [-0.2, 0) is 72.8 Å². The largest absolute Gasteiger partial charge is 1.00 e. The zero-order chi connectivity index (χ0) is 66.9. The van der Waals surface area contributed by atoms with Crippen molar-refractivity contribution in [2.24, 2.45) is 39.4 Å². The fourth-order valence-electron chi connectivity index (χ4n) is 19.4. The van der Waals surface area contributed by atoms with E-state index in [0.717, 1.165) is 120 Å². The normalized spacial score (nSPS) is 28.8. The van der Waals surface area contributed by atoms with Crippen molar-refractivity contribution < 1.29 is 213 Å². The first kappa shape index (κ1) is 83.0. The molecule has 0 saturated heterocycles. The van der Waals surface area contributed by atoms with Crippen LogP contribution in [0.25, 0.3) is 27.1 Å². The topological polar surface area (TPSA) is 278 Å². The maximum absolute atomic E-state index is 12.3. The molecule has 0 bridgehead atoms. The Balaban J connectivity index is 0.000000153. The third kappa shape index (κ3) is 16.7. The van der Waals surface area contributed by atoms with Gasteiger partial charge >= 0.3 is 118 Å². The summed E-state index contributed by atoms with van der Waals surface area (Å²) in [6.45, 7) is 8.83. The van der Waals surface area contributed by atoms with E-state index >= 15 is 0 Å². The Morgan fingerprint density at radius 3 is 1.49 bits per heavy atom. The van der Waals surface area contributed by atoms with E-state index in [-0.39, 0.29) is 152 Å². The summed E-state index contributed by atoms with van der Waals surface area (Å²) in [6, 6.07) is 32.2. The summed E-state index contributed by atoms with van der Waals surface area (Å²) in [5.74, 6) is 6.49. The molecule has 6 aromatic rings. The van der Waals surface area contributed by atoms with Gasteiger partial charge in [0.15, 0.2) is 0 Å². The molecule has 5 fully saturated rings. The van der Waals surface area contributed by atoms with E-state index in [1.165, 1.54) is 79.3 Å². The van der Waals surface area contributed by atoms with Crippen molar-refractivity contribution in [3.63, 3.8) is 0 Å². The van der Waals surface area contributed by atoms with E-state index in [1.54, 1.807) is 0 Å². The summed E-state index contributed by atoms with van der Waals surface area (Å²) in [4.78, 5) is 24.6. The van der Waals surface area contributed by atoms with Gasteiger partial charge in [-0.05, 0) is 277 Å². The zero-order valence-corrected chi connectivity index (χ0v) is 69.1. The van der Waals surface area contributed by atoms with Crippen LogP contribution in [0.3, 0.4) is 0 Å². The standard InChI is InChI=1S/C18H24O5S.2C18H20O5S.C18H18O5S.4Na/c4*1-18-9-8-14-13-5-3-12(21-24-23-22-20)10-11(13)2-4-15(14)16(18)6-7-17(18)19;;;;/h3,5,10,14-17,19-20H,2,4,6-9H2,1H3;3,5,10,16,20H,2,4,6-9H2,1H3;2-5,10,16-17,19-20H,6-9H2,1H3;2-5,10,16,20H,6-9H2,1H3;;;;/q;;;;4*+1/p-4/t14?,15?,16?,17-,18-;16?,18-;16?,17-,18-;16?,18-;;;;/m0000..../s1. The molecule has 20 nitrogen and oxygen atoms in total. The number of carbonyl (C=O) groups is 2. The van der Waals surface area contributed by atoms with Gasteiger partial charge in [0, 0.05) is 29.1 Å². The molecule has 0 radical (unpaired) electrons. The van der Waals surface area contributed by atoms with Gasteiger partial charge in [0.05, 0.1) is 12.2 Å². The van der Waals surface area contributed by atoms with Crippen molar-refractivity contribution >= 4 is 88.0 Å². The summed E-state index contributed by atoms with van der Waals surface area (Å²) in [5, 5.41) is 77.7. The van der Waals surface area contributed by atoms with E-state index in [9.17, 15) is 40.8 Å². The smallest absolute Gasteiger partial charge is 0.691 e. The van der Waals surface area contributed by atoms with Crippen LogP contribution in [0.2, 0.25) is 0 Å². The van der Waals surface area contributed by atoms with Crippen LogP contribution >= 0.6 is 49.3 Å².